The monoisotopic (exact) mass is 333 g/mol. The summed E-state index contributed by atoms with van der Waals surface area (Å²) in [6.07, 6.45) is 5.11. The fraction of sp³-hybridized carbons (Fsp3) is 0.100. The Morgan fingerprint density at radius 1 is 1.08 bits per heavy atom. The number of rotatable bonds is 4. The van der Waals surface area contributed by atoms with Crippen molar-refractivity contribution in [3.05, 3.63) is 71.9 Å². The summed E-state index contributed by atoms with van der Waals surface area (Å²) in [6, 6.07) is 14.8. The van der Waals surface area contributed by atoms with E-state index in [2.05, 4.69) is 10.3 Å². The van der Waals surface area contributed by atoms with E-state index < -0.39 is 0 Å². The predicted molar refractivity (Wildman–Crippen MR) is 100 cm³/mol. The van der Waals surface area contributed by atoms with E-state index in [1.165, 1.54) is 11.0 Å². The molecule has 0 fully saturated rings. The number of aromatic amines is 1. The number of nitrogens with zero attached hydrogens (tertiary/aromatic N) is 1. The highest BCUT2D eigenvalue weighted by Crippen LogP contribution is 2.19. The van der Waals surface area contributed by atoms with E-state index in [0.29, 0.717) is 11.3 Å². The summed E-state index contributed by atoms with van der Waals surface area (Å²) in [6.45, 7) is 0. The van der Waals surface area contributed by atoms with Gasteiger partial charge in [-0.1, -0.05) is 24.3 Å². The van der Waals surface area contributed by atoms with E-state index in [4.69, 9.17) is 0 Å². The molecule has 0 unspecified atom stereocenters. The third kappa shape index (κ3) is 3.77. The Balaban J connectivity index is 1.72. The smallest absolute Gasteiger partial charge is 0.253 e. The highest BCUT2D eigenvalue weighted by Gasteiger charge is 2.09. The van der Waals surface area contributed by atoms with Crippen LogP contribution in [0.15, 0.2) is 60.8 Å². The van der Waals surface area contributed by atoms with Crippen molar-refractivity contribution in [1.29, 1.82) is 0 Å². The van der Waals surface area contributed by atoms with E-state index in [1.807, 2.05) is 30.5 Å². The van der Waals surface area contributed by atoms with E-state index >= 15 is 0 Å². The molecular formula is C20H19N3O2. The minimum atomic E-state index is -0.250. The Morgan fingerprint density at radius 3 is 2.68 bits per heavy atom. The number of hydrogen-bond donors (Lipinski definition) is 2. The van der Waals surface area contributed by atoms with Crippen molar-refractivity contribution in [1.82, 2.24) is 9.88 Å². The molecule has 5 heteroatoms. The number of carbonyl (C=O) groups excluding carboxylic acids is 2. The number of hydrogen-bond acceptors (Lipinski definition) is 2. The molecule has 0 aliphatic heterocycles. The molecule has 0 saturated carbocycles. The topological polar surface area (TPSA) is 65.2 Å². The standard InChI is InChI=1S/C20H19N3O2/c1-23(2)20(25)14-6-5-7-16(12-14)22-19(24)11-10-15-13-21-18-9-4-3-8-17(15)18/h3-13,21H,1-2H3,(H,22,24)/b11-10+. The van der Waals surface area contributed by atoms with Gasteiger partial charge in [0, 0.05) is 48.5 Å². The minimum Gasteiger partial charge on any atom is -0.361 e. The van der Waals surface area contributed by atoms with E-state index in [-0.39, 0.29) is 11.8 Å². The normalized spacial score (nSPS) is 11.0. The van der Waals surface area contributed by atoms with Crippen LogP contribution in [0, 0.1) is 0 Å². The van der Waals surface area contributed by atoms with Crippen molar-refractivity contribution in [3.8, 4) is 0 Å². The molecule has 2 aromatic carbocycles. The molecule has 0 spiro atoms. The van der Waals surface area contributed by atoms with E-state index in [9.17, 15) is 9.59 Å². The van der Waals surface area contributed by atoms with Crippen LogP contribution in [0.4, 0.5) is 5.69 Å². The molecule has 126 valence electrons. The van der Waals surface area contributed by atoms with Crippen molar-refractivity contribution < 1.29 is 9.59 Å². The minimum absolute atomic E-state index is 0.106. The fourth-order valence-corrected chi connectivity index (χ4v) is 2.57. The van der Waals surface area contributed by atoms with Gasteiger partial charge in [0.2, 0.25) is 5.91 Å². The Labute approximate surface area is 146 Å². The maximum Gasteiger partial charge on any atom is 0.253 e. The zero-order valence-electron chi connectivity index (χ0n) is 14.1. The van der Waals surface area contributed by atoms with Crippen LogP contribution in [-0.4, -0.2) is 35.8 Å². The number of aromatic nitrogens is 1. The highest BCUT2D eigenvalue weighted by molar-refractivity contribution is 6.04. The van der Waals surface area contributed by atoms with Crippen molar-refractivity contribution in [2.75, 3.05) is 19.4 Å². The molecule has 2 amide bonds. The maximum absolute atomic E-state index is 12.2. The number of anilines is 1. The van der Waals surface area contributed by atoms with Gasteiger partial charge in [-0.2, -0.15) is 0 Å². The van der Waals surface area contributed by atoms with Crippen LogP contribution in [0.2, 0.25) is 0 Å². The first-order valence-electron chi connectivity index (χ1n) is 7.91. The third-order valence-corrected chi connectivity index (χ3v) is 3.82. The molecule has 0 bridgehead atoms. The largest absolute Gasteiger partial charge is 0.361 e. The zero-order chi connectivity index (χ0) is 17.8. The third-order valence-electron chi connectivity index (χ3n) is 3.82. The molecule has 0 atom stereocenters. The van der Waals surface area contributed by atoms with Gasteiger partial charge in [0.15, 0.2) is 0 Å². The van der Waals surface area contributed by atoms with Crippen LogP contribution in [-0.2, 0) is 4.79 Å². The van der Waals surface area contributed by atoms with Crippen LogP contribution in [0.5, 0.6) is 0 Å². The highest BCUT2D eigenvalue weighted by atomic mass is 16.2. The van der Waals surface area contributed by atoms with Gasteiger partial charge in [-0.25, -0.2) is 0 Å². The molecule has 3 aromatic rings. The van der Waals surface area contributed by atoms with Crippen LogP contribution >= 0.6 is 0 Å². The average molecular weight is 333 g/mol. The zero-order valence-corrected chi connectivity index (χ0v) is 14.1. The molecule has 0 saturated heterocycles. The van der Waals surface area contributed by atoms with Gasteiger partial charge in [0.05, 0.1) is 0 Å². The summed E-state index contributed by atoms with van der Waals surface area (Å²) >= 11 is 0. The SMILES string of the molecule is CN(C)C(=O)c1cccc(NC(=O)/C=C/c2c[nH]c3ccccc23)c1. The number of para-hydroxylation sites is 1. The fourth-order valence-electron chi connectivity index (χ4n) is 2.57. The Morgan fingerprint density at radius 2 is 1.88 bits per heavy atom. The molecule has 0 radical (unpaired) electrons. The molecule has 3 rings (SSSR count). The van der Waals surface area contributed by atoms with Gasteiger partial charge in [-0.05, 0) is 35.9 Å². The van der Waals surface area contributed by atoms with E-state index in [0.717, 1.165) is 16.5 Å². The lowest BCUT2D eigenvalue weighted by Crippen LogP contribution is -2.21. The lowest BCUT2D eigenvalue weighted by Gasteiger charge is -2.11. The number of benzene rings is 2. The van der Waals surface area contributed by atoms with Gasteiger partial charge in [-0.3, -0.25) is 9.59 Å². The van der Waals surface area contributed by atoms with Crippen LogP contribution in [0.25, 0.3) is 17.0 Å². The number of nitrogens with one attached hydrogen (secondary N) is 2. The second-order valence-electron chi connectivity index (χ2n) is 5.89. The predicted octanol–water partition coefficient (Wildman–Crippen LogP) is 3.52. The molecular weight excluding hydrogens is 314 g/mol. The van der Waals surface area contributed by atoms with Crippen LogP contribution in [0.1, 0.15) is 15.9 Å². The Kier molecular flexibility index (Phi) is 4.66. The van der Waals surface area contributed by atoms with E-state index in [1.54, 1.807) is 44.4 Å². The number of amides is 2. The molecule has 0 aliphatic carbocycles. The summed E-state index contributed by atoms with van der Waals surface area (Å²) in [5.74, 6) is -0.356. The Hall–Kier alpha value is -3.34. The lowest BCUT2D eigenvalue weighted by atomic mass is 10.1. The first kappa shape index (κ1) is 16.5. The summed E-state index contributed by atoms with van der Waals surface area (Å²) in [5.41, 5.74) is 3.09. The van der Waals surface area contributed by atoms with Crippen LogP contribution in [0.3, 0.4) is 0 Å². The van der Waals surface area contributed by atoms with Gasteiger partial charge in [-0.15, -0.1) is 0 Å². The molecule has 1 aromatic heterocycles. The molecule has 2 N–H and O–H groups in total. The molecule has 5 nitrogen and oxygen atoms in total. The van der Waals surface area contributed by atoms with Crippen molar-refractivity contribution in [3.63, 3.8) is 0 Å². The quantitative estimate of drug-likeness (QED) is 0.718. The lowest BCUT2D eigenvalue weighted by molar-refractivity contribution is -0.111. The van der Waals surface area contributed by atoms with Gasteiger partial charge in [0.25, 0.3) is 5.91 Å². The average Bonchev–Trinajstić information content (AvgIpc) is 3.02. The second-order valence-corrected chi connectivity index (χ2v) is 5.89. The number of carbonyl (C=O) groups is 2. The molecule has 25 heavy (non-hydrogen) atoms. The van der Waals surface area contributed by atoms with Crippen molar-refractivity contribution >= 4 is 34.5 Å². The number of fused-ring (bicyclic) bond motifs is 1. The summed E-state index contributed by atoms with van der Waals surface area (Å²) < 4.78 is 0. The first-order valence-corrected chi connectivity index (χ1v) is 7.91. The summed E-state index contributed by atoms with van der Waals surface area (Å²) in [7, 11) is 3.38. The Bertz CT molecular complexity index is 954. The maximum atomic E-state index is 12.2. The summed E-state index contributed by atoms with van der Waals surface area (Å²) in [4.78, 5) is 28.8. The molecule has 1 heterocycles. The first-order chi connectivity index (χ1) is 12.0. The number of H-pyrrole nitrogens is 1. The van der Waals surface area contributed by atoms with Gasteiger partial charge in [0.1, 0.15) is 0 Å². The van der Waals surface area contributed by atoms with Gasteiger partial charge < -0.3 is 15.2 Å². The molecule has 0 aliphatic rings. The van der Waals surface area contributed by atoms with Crippen LogP contribution < -0.4 is 5.32 Å². The van der Waals surface area contributed by atoms with Crippen molar-refractivity contribution in [2.45, 2.75) is 0 Å². The summed E-state index contributed by atoms with van der Waals surface area (Å²) in [5, 5.41) is 3.84. The second kappa shape index (κ2) is 7.05. The van der Waals surface area contributed by atoms with Crippen molar-refractivity contribution in [2.24, 2.45) is 0 Å². The van der Waals surface area contributed by atoms with Gasteiger partial charge >= 0.3 is 0 Å².